The van der Waals surface area contributed by atoms with E-state index in [0.717, 1.165) is 24.1 Å². The number of likely N-dealkylation sites (N-methyl/N-ethyl adjacent to an activating group) is 1. The van der Waals surface area contributed by atoms with Gasteiger partial charge in [-0.2, -0.15) is 0 Å². The van der Waals surface area contributed by atoms with Gasteiger partial charge in [0.25, 0.3) is 5.91 Å². The average molecular weight is 424 g/mol. The van der Waals surface area contributed by atoms with E-state index in [4.69, 9.17) is 4.74 Å². The Labute approximate surface area is 183 Å². The van der Waals surface area contributed by atoms with Crippen LogP contribution in [0.15, 0.2) is 48.5 Å². The number of hydrogen-bond donors (Lipinski definition) is 1. The van der Waals surface area contributed by atoms with Gasteiger partial charge in [-0.05, 0) is 55.6 Å². The SMILES string of the molecule is C[C@H]1CN(C)[C@H]2CO[C@@H](C(=O)N3CCc4ccccc4[C@@H]3c3ccc(F)cc3)C[C@@H]2N1. The Morgan fingerprint density at radius 1 is 1.16 bits per heavy atom. The van der Waals surface area contributed by atoms with E-state index >= 15 is 0 Å². The second-order valence-electron chi connectivity index (χ2n) is 9.17. The fourth-order valence-corrected chi connectivity index (χ4v) is 5.55. The van der Waals surface area contributed by atoms with Crippen LogP contribution >= 0.6 is 0 Å². The number of benzene rings is 2. The number of piperazine rings is 1. The van der Waals surface area contributed by atoms with Gasteiger partial charge in [-0.1, -0.05) is 36.4 Å². The van der Waals surface area contributed by atoms with Crippen molar-refractivity contribution in [2.24, 2.45) is 0 Å². The maximum atomic E-state index is 13.7. The lowest BCUT2D eigenvalue weighted by atomic mass is 9.87. The summed E-state index contributed by atoms with van der Waals surface area (Å²) in [5, 5.41) is 3.67. The molecule has 164 valence electrons. The topological polar surface area (TPSA) is 44.8 Å². The second-order valence-corrected chi connectivity index (χ2v) is 9.17. The van der Waals surface area contributed by atoms with Crippen molar-refractivity contribution in [3.63, 3.8) is 0 Å². The fraction of sp³-hybridized carbons (Fsp3) is 0.480. The van der Waals surface area contributed by atoms with Gasteiger partial charge in [-0.25, -0.2) is 4.39 Å². The molecule has 3 aliphatic rings. The molecule has 5 nitrogen and oxygen atoms in total. The Balaban J connectivity index is 1.43. The molecule has 0 radical (unpaired) electrons. The van der Waals surface area contributed by atoms with E-state index in [2.05, 4.69) is 36.3 Å². The van der Waals surface area contributed by atoms with Crippen molar-refractivity contribution in [2.75, 3.05) is 26.7 Å². The summed E-state index contributed by atoms with van der Waals surface area (Å²) in [6.45, 7) is 4.36. The predicted octanol–water partition coefficient (Wildman–Crippen LogP) is 2.75. The molecule has 3 aliphatic heterocycles. The minimum absolute atomic E-state index is 0.0324. The van der Waals surface area contributed by atoms with Gasteiger partial charge in [-0.3, -0.25) is 9.69 Å². The van der Waals surface area contributed by atoms with E-state index in [0.29, 0.717) is 31.7 Å². The average Bonchev–Trinajstić information content (AvgIpc) is 2.78. The molecule has 1 N–H and O–H groups in total. The van der Waals surface area contributed by atoms with Gasteiger partial charge < -0.3 is 15.0 Å². The van der Waals surface area contributed by atoms with Crippen molar-refractivity contribution >= 4 is 5.91 Å². The maximum Gasteiger partial charge on any atom is 0.252 e. The summed E-state index contributed by atoms with van der Waals surface area (Å²) < 4.78 is 19.7. The Bertz CT molecular complexity index is 950. The number of ether oxygens (including phenoxy) is 1. The molecule has 0 saturated carbocycles. The van der Waals surface area contributed by atoms with Crippen molar-refractivity contribution < 1.29 is 13.9 Å². The molecule has 1 amide bonds. The molecule has 6 heteroatoms. The summed E-state index contributed by atoms with van der Waals surface area (Å²) in [6, 6.07) is 15.5. The molecule has 31 heavy (non-hydrogen) atoms. The standard InChI is InChI=1S/C25H30FN3O2/c1-16-14-28(2)22-15-31-23(13-21(22)27-16)25(30)29-12-11-17-5-3-4-6-20(17)24(29)18-7-9-19(26)10-8-18/h3-10,16,21-24,27H,11-15H2,1-2H3/t16-,21-,22-,23+,24-/m0/s1. The summed E-state index contributed by atoms with van der Waals surface area (Å²) in [5.74, 6) is -0.237. The molecule has 0 aromatic heterocycles. The molecule has 2 saturated heterocycles. The van der Waals surface area contributed by atoms with E-state index < -0.39 is 6.10 Å². The lowest BCUT2D eigenvalue weighted by Gasteiger charge is -2.48. The first-order valence-electron chi connectivity index (χ1n) is 11.2. The Kier molecular flexibility index (Phi) is 5.54. The van der Waals surface area contributed by atoms with Gasteiger partial charge in [0, 0.05) is 31.2 Å². The van der Waals surface area contributed by atoms with Crippen LogP contribution in [0.1, 0.15) is 36.1 Å². The van der Waals surface area contributed by atoms with E-state index in [-0.39, 0.29) is 23.8 Å². The van der Waals surface area contributed by atoms with Gasteiger partial charge in [-0.15, -0.1) is 0 Å². The van der Waals surface area contributed by atoms with E-state index in [9.17, 15) is 9.18 Å². The van der Waals surface area contributed by atoms with Crippen LogP contribution in [0.2, 0.25) is 0 Å². The summed E-state index contributed by atoms with van der Waals surface area (Å²) in [5.41, 5.74) is 3.29. The third-order valence-corrected chi connectivity index (χ3v) is 7.05. The molecule has 0 spiro atoms. The van der Waals surface area contributed by atoms with Crippen LogP contribution in [0.25, 0.3) is 0 Å². The lowest BCUT2D eigenvalue weighted by molar-refractivity contribution is -0.154. The largest absolute Gasteiger partial charge is 0.367 e. The number of amides is 1. The molecule has 0 aliphatic carbocycles. The number of halogens is 1. The van der Waals surface area contributed by atoms with Crippen LogP contribution in [0.4, 0.5) is 4.39 Å². The van der Waals surface area contributed by atoms with Crippen LogP contribution in [0, 0.1) is 5.82 Å². The molecule has 0 bridgehead atoms. The van der Waals surface area contributed by atoms with Gasteiger partial charge in [0.2, 0.25) is 0 Å². The first kappa shape index (κ1) is 20.6. The van der Waals surface area contributed by atoms with Crippen LogP contribution in [-0.2, 0) is 16.0 Å². The Morgan fingerprint density at radius 3 is 2.74 bits per heavy atom. The highest BCUT2D eigenvalue weighted by molar-refractivity contribution is 5.82. The van der Waals surface area contributed by atoms with Crippen molar-refractivity contribution in [3.05, 3.63) is 71.0 Å². The smallest absolute Gasteiger partial charge is 0.252 e. The van der Waals surface area contributed by atoms with Crippen LogP contribution in [0.3, 0.4) is 0 Å². The molecule has 2 aromatic carbocycles. The van der Waals surface area contributed by atoms with Crippen molar-refractivity contribution in [1.29, 1.82) is 0 Å². The summed E-state index contributed by atoms with van der Waals surface area (Å²) in [6.07, 6.45) is 1.03. The predicted molar refractivity (Wildman–Crippen MR) is 117 cm³/mol. The normalized spacial score (nSPS) is 31.1. The highest BCUT2D eigenvalue weighted by Crippen LogP contribution is 2.36. The van der Waals surface area contributed by atoms with Crippen molar-refractivity contribution in [2.45, 2.75) is 50.0 Å². The van der Waals surface area contributed by atoms with Crippen LogP contribution in [0.5, 0.6) is 0 Å². The molecule has 5 atom stereocenters. The first-order chi connectivity index (χ1) is 15.0. The maximum absolute atomic E-state index is 13.7. The van der Waals surface area contributed by atoms with Gasteiger partial charge in [0.1, 0.15) is 11.9 Å². The minimum atomic E-state index is -0.458. The zero-order chi connectivity index (χ0) is 21.5. The van der Waals surface area contributed by atoms with Gasteiger partial charge in [0.15, 0.2) is 0 Å². The van der Waals surface area contributed by atoms with Crippen LogP contribution in [-0.4, -0.2) is 66.7 Å². The van der Waals surface area contributed by atoms with Crippen molar-refractivity contribution in [1.82, 2.24) is 15.1 Å². The van der Waals surface area contributed by atoms with E-state index in [1.807, 2.05) is 17.0 Å². The number of rotatable bonds is 2. The second kappa shape index (κ2) is 8.34. The number of fused-ring (bicyclic) bond motifs is 2. The third-order valence-electron chi connectivity index (χ3n) is 7.05. The number of nitrogens with one attached hydrogen (secondary N) is 1. The zero-order valence-corrected chi connectivity index (χ0v) is 18.1. The molecular weight excluding hydrogens is 393 g/mol. The molecular formula is C25H30FN3O2. The molecule has 2 aromatic rings. The summed E-state index contributed by atoms with van der Waals surface area (Å²) in [7, 11) is 2.13. The Morgan fingerprint density at radius 2 is 1.94 bits per heavy atom. The molecule has 5 rings (SSSR count). The highest BCUT2D eigenvalue weighted by Gasteiger charge is 2.43. The zero-order valence-electron chi connectivity index (χ0n) is 18.1. The fourth-order valence-electron chi connectivity index (χ4n) is 5.55. The highest BCUT2D eigenvalue weighted by atomic mass is 19.1. The minimum Gasteiger partial charge on any atom is -0.367 e. The number of carbonyl (C=O) groups excluding carboxylic acids is 1. The Hall–Kier alpha value is -2.28. The third kappa shape index (κ3) is 3.88. The van der Waals surface area contributed by atoms with Crippen LogP contribution < -0.4 is 5.32 Å². The molecule has 3 heterocycles. The van der Waals surface area contributed by atoms with Gasteiger partial charge >= 0.3 is 0 Å². The molecule has 0 unspecified atom stereocenters. The number of hydrogen-bond acceptors (Lipinski definition) is 4. The monoisotopic (exact) mass is 423 g/mol. The number of carbonyl (C=O) groups is 1. The van der Waals surface area contributed by atoms with Crippen molar-refractivity contribution in [3.8, 4) is 0 Å². The molecule has 2 fully saturated rings. The summed E-state index contributed by atoms with van der Waals surface area (Å²) in [4.78, 5) is 18.0. The quantitative estimate of drug-likeness (QED) is 0.807. The first-order valence-corrected chi connectivity index (χ1v) is 11.2. The summed E-state index contributed by atoms with van der Waals surface area (Å²) >= 11 is 0. The van der Waals surface area contributed by atoms with E-state index in [1.54, 1.807) is 12.1 Å². The lowest BCUT2D eigenvalue weighted by Crippen LogP contribution is -2.66. The number of nitrogens with zero attached hydrogens (tertiary/aromatic N) is 2. The van der Waals surface area contributed by atoms with Gasteiger partial charge in [0.05, 0.1) is 12.6 Å². The van der Waals surface area contributed by atoms with E-state index in [1.165, 1.54) is 17.7 Å².